The monoisotopic (exact) mass is 376 g/mol. The molecule has 2 atom stereocenters. The van der Waals surface area contributed by atoms with Crippen molar-refractivity contribution in [3.8, 4) is 0 Å². The lowest BCUT2D eigenvalue weighted by Crippen LogP contribution is -3.14. The van der Waals surface area contributed by atoms with Gasteiger partial charge in [-0.05, 0) is 30.5 Å². The van der Waals surface area contributed by atoms with Crippen LogP contribution in [0, 0.1) is 0 Å². The minimum Gasteiger partial charge on any atom is -0.369 e. The molecule has 2 aromatic rings. The van der Waals surface area contributed by atoms with Gasteiger partial charge in [0.15, 0.2) is 6.54 Å². The molecule has 1 aromatic carbocycles. The lowest BCUT2D eigenvalue weighted by atomic mass is 10.0. The summed E-state index contributed by atoms with van der Waals surface area (Å²) in [5.74, 6) is -0.181. The second-order valence-electron chi connectivity index (χ2n) is 6.16. The molecular formula is C18H22N3O2S2+. The van der Waals surface area contributed by atoms with Crippen LogP contribution in [0.4, 0.5) is 5.69 Å². The summed E-state index contributed by atoms with van der Waals surface area (Å²) in [4.78, 5) is 27.1. The van der Waals surface area contributed by atoms with E-state index in [-0.39, 0.29) is 17.6 Å². The number of hydrogen-bond acceptors (Lipinski definition) is 4. The third-order valence-corrected chi connectivity index (χ3v) is 6.54. The molecule has 1 aliphatic heterocycles. The van der Waals surface area contributed by atoms with Crippen molar-refractivity contribution in [2.24, 2.45) is 5.73 Å². The molecule has 4 N–H and O–H groups in total. The fraction of sp³-hybridized carbons (Fsp3) is 0.333. The maximum Gasteiger partial charge on any atom is 0.279 e. The van der Waals surface area contributed by atoms with Crippen molar-refractivity contribution in [3.63, 3.8) is 0 Å². The molecule has 0 saturated carbocycles. The Hall–Kier alpha value is -1.83. The smallest absolute Gasteiger partial charge is 0.279 e. The van der Waals surface area contributed by atoms with Crippen LogP contribution < -0.4 is 16.0 Å². The summed E-state index contributed by atoms with van der Waals surface area (Å²) in [6.45, 7) is 3.59. The number of rotatable bonds is 6. The predicted molar refractivity (Wildman–Crippen MR) is 102 cm³/mol. The van der Waals surface area contributed by atoms with Crippen LogP contribution in [0.1, 0.15) is 23.4 Å². The number of thiophene rings is 1. The molecule has 132 valence electrons. The third-order valence-electron chi connectivity index (χ3n) is 4.45. The van der Waals surface area contributed by atoms with E-state index < -0.39 is 0 Å². The summed E-state index contributed by atoms with van der Waals surface area (Å²) in [6.07, 6.45) is 1.03. The number of carbonyl (C=O) groups is 2. The first kappa shape index (κ1) is 18.0. The number of amides is 2. The number of carbonyl (C=O) groups excluding carboxylic acids is 2. The minimum atomic E-state index is -0.371. The van der Waals surface area contributed by atoms with Crippen molar-refractivity contribution in [1.82, 2.24) is 0 Å². The number of nitrogens with two attached hydrogens (primary N) is 1. The topological polar surface area (TPSA) is 76.6 Å². The molecule has 2 amide bonds. The van der Waals surface area contributed by atoms with Gasteiger partial charge in [-0.15, -0.1) is 23.1 Å². The second-order valence-corrected chi connectivity index (χ2v) is 8.17. The van der Waals surface area contributed by atoms with Crippen LogP contribution in [0.2, 0.25) is 0 Å². The number of fused-ring (bicyclic) bond motifs is 1. The first-order valence-corrected chi connectivity index (χ1v) is 10.1. The van der Waals surface area contributed by atoms with Crippen molar-refractivity contribution in [2.75, 3.05) is 24.2 Å². The molecule has 7 heteroatoms. The Kier molecular flexibility index (Phi) is 5.78. The van der Waals surface area contributed by atoms with E-state index in [1.54, 1.807) is 0 Å². The first-order chi connectivity index (χ1) is 12.0. The molecule has 0 fully saturated rings. The molecule has 0 spiro atoms. The molecule has 0 aliphatic carbocycles. The summed E-state index contributed by atoms with van der Waals surface area (Å²) in [6, 6.07) is 10.0. The van der Waals surface area contributed by atoms with E-state index in [0.717, 1.165) is 23.5 Å². The van der Waals surface area contributed by atoms with Gasteiger partial charge < -0.3 is 16.0 Å². The fourth-order valence-electron chi connectivity index (χ4n) is 3.14. The van der Waals surface area contributed by atoms with Gasteiger partial charge in [0.05, 0.1) is 18.0 Å². The van der Waals surface area contributed by atoms with Crippen molar-refractivity contribution in [1.29, 1.82) is 0 Å². The standard InChI is InChI=1S/C18H21N3O2S2/c1-12-13-7-9-24-15(13)6-8-21(12)10-18(23)20-14-4-2-3-5-16(14)25-11-17(19)22/h2-5,7,9,12H,6,8,10-11H2,1H3,(H2,19,22)(H,20,23)/p+1/t12-/m0/s1. The number of benzene rings is 1. The van der Waals surface area contributed by atoms with E-state index in [1.165, 1.54) is 27.1 Å². The first-order valence-electron chi connectivity index (χ1n) is 8.25. The summed E-state index contributed by atoms with van der Waals surface area (Å²) < 4.78 is 0. The summed E-state index contributed by atoms with van der Waals surface area (Å²) in [7, 11) is 0. The van der Waals surface area contributed by atoms with Gasteiger partial charge in [0.2, 0.25) is 5.91 Å². The Morgan fingerprint density at radius 2 is 2.16 bits per heavy atom. The Balaban J connectivity index is 1.63. The van der Waals surface area contributed by atoms with Crippen LogP contribution >= 0.6 is 23.1 Å². The van der Waals surface area contributed by atoms with E-state index in [2.05, 4.69) is 23.7 Å². The largest absolute Gasteiger partial charge is 0.369 e. The van der Waals surface area contributed by atoms with Crippen molar-refractivity contribution in [3.05, 3.63) is 46.2 Å². The third kappa shape index (κ3) is 4.42. The summed E-state index contributed by atoms with van der Waals surface area (Å²) in [5.41, 5.74) is 7.32. The number of para-hydroxylation sites is 1. The van der Waals surface area contributed by atoms with Crippen LogP contribution in [0.5, 0.6) is 0 Å². The Morgan fingerprint density at radius 1 is 1.36 bits per heavy atom. The maximum atomic E-state index is 12.5. The lowest BCUT2D eigenvalue weighted by molar-refractivity contribution is -0.923. The molecule has 0 bridgehead atoms. The molecule has 0 radical (unpaired) electrons. The van der Waals surface area contributed by atoms with Crippen LogP contribution in [0.25, 0.3) is 0 Å². The fourth-order valence-corrected chi connectivity index (χ4v) is 4.86. The van der Waals surface area contributed by atoms with Crippen LogP contribution in [0.3, 0.4) is 0 Å². The Morgan fingerprint density at radius 3 is 2.96 bits per heavy atom. The SMILES string of the molecule is C[C@H]1c2ccsc2CC[NH+]1CC(=O)Nc1ccccc1SCC(N)=O. The Bertz CT molecular complexity index is 775. The number of thioether (sulfide) groups is 1. The highest BCUT2D eigenvalue weighted by molar-refractivity contribution is 8.00. The van der Waals surface area contributed by atoms with Crippen LogP contribution in [-0.2, 0) is 16.0 Å². The van der Waals surface area contributed by atoms with E-state index in [4.69, 9.17) is 5.73 Å². The van der Waals surface area contributed by atoms with E-state index in [0.29, 0.717) is 12.6 Å². The second kappa shape index (κ2) is 8.03. The highest BCUT2D eigenvalue weighted by Crippen LogP contribution is 2.27. The molecular weight excluding hydrogens is 354 g/mol. The zero-order valence-corrected chi connectivity index (χ0v) is 15.7. The number of primary amides is 1. The van der Waals surface area contributed by atoms with Gasteiger partial charge in [0.25, 0.3) is 5.91 Å². The van der Waals surface area contributed by atoms with Gasteiger partial charge in [0, 0.05) is 21.8 Å². The molecule has 1 aromatic heterocycles. The van der Waals surface area contributed by atoms with Gasteiger partial charge in [-0.2, -0.15) is 0 Å². The molecule has 25 heavy (non-hydrogen) atoms. The van der Waals surface area contributed by atoms with Crippen molar-refractivity contribution >= 4 is 40.6 Å². The van der Waals surface area contributed by atoms with Crippen molar-refractivity contribution < 1.29 is 14.5 Å². The van der Waals surface area contributed by atoms with E-state index in [1.807, 2.05) is 35.6 Å². The Labute approximate surface area is 155 Å². The molecule has 3 rings (SSSR count). The summed E-state index contributed by atoms with van der Waals surface area (Å²) in [5, 5.41) is 5.13. The number of hydrogen-bond donors (Lipinski definition) is 3. The number of anilines is 1. The zero-order chi connectivity index (χ0) is 17.8. The van der Waals surface area contributed by atoms with Gasteiger partial charge in [-0.1, -0.05) is 12.1 Å². The summed E-state index contributed by atoms with van der Waals surface area (Å²) >= 11 is 3.15. The minimum absolute atomic E-state index is 0.00680. The highest BCUT2D eigenvalue weighted by Gasteiger charge is 2.29. The van der Waals surface area contributed by atoms with Gasteiger partial charge in [-0.25, -0.2) is 0 Å². The zero-order valence-electron chi connectivity index (χ0n) is 14.1. The highest BCUT2D eigenvalue weighted by atomic mass is 32.2. The number of nitrogens with one attached hydrogen (secondary N) is 2. The van der Waals surface area contributed by atoms with E-state index in [9.17, 15) is 9.59 Å². The molecule has 5 nitrogen and oxygen atoms in total. The average Bonchev–Trinajstić information content (AvgIpc) is 3.06. The number of quaternary nitrogens is 1. The van der Waals surface area contributed by atoms with Gasteiger partial charge >= 0.3 is 0 Å². The van der Waals surface area contributed by atoms with Gasteiger partial charge in [-0.3, -0.25) is 9.59 Å². The predicted octanol–water partition coefficient (Wildman–Crippen LogP) is 1.47. The van der Waals surface area contributed by atoms with Crippen LogP contribution in [0.15, 0.2) is 40.6 Å². The molecule has 1 unspecified atom stereocenters. The van der Waals surface area contributed by atoms with E-state index >= 15 is 0 Å². The quantitative estimate of drug-likeness (QED) is 0.668. The maximum absolute atomic E-state index is 12.5. The average molecular weight is 377 g/mol. The van der Waals surface area contributed by atoms with Crippen molar-refractivity contribution in [2.45, 2.75) is 24.3 Å². The normalized spacial score (nSPS) is 19.2. The van der Waals surface area contributed by atoms with Crippen LogP contribution in [-0.4, -0.2) is 30.7 Å². The molecule has 1 aliphatic rings. The lowest BCUT2D eigenvalue weighted by Gasteiger charge is -2.30. The molecule has 0 saturated heterocycles. The van der Waals surface area contributed by atoms with Gasteiger partial charge in [0.1, 0.15) is 6.04 Å². The molecule has 2 heterocycles.